The largest absolute Gasteiger partial charge is 0.337 e. The van der Waals surface area contributed by atoms with Crippen molar-refractivity contribution in [3.05, 3.63) is 45.4 Å². The summed E-state index contributed by atoms with van der Waals surface area (Å²) in [6, 6.07) is 5.82. The summed E-state index contributed by atoms with van der Waals surface area (Å²) in [4.78, 5) is 16.9. The second kappa shape index (κ2) is 5.88. The van der Waals surface area contributed by atoms with E-state index in [1.54, 1.807) is 12.1 Å². The summed E-state index contributed by atoms with van der Waals surface area (Å²) in [5.41, 5.74) is 0.651. The molecule has 1 unspecified atom stereocenters. The van der Waals surface area contributed by atoms with E-state index in [0.717, 1.165) is 37.1 Å². The topological polar surface area (TPSA) is 23.6 Å². The van der Waals surface area contributed by atoms with Gasteiger partial charge in [-0.2, -0.15) is 0 Å². The fourth-order valence-electron chi connectivity index (χ4n) is 2.85. The number of nitrogens with zero attached hydrogens (tertiary/aromatic N) is 2. The fraction of sp³-hybridized carbons (Fsp3) is 0.400. The molecule has 1 aromatic carbocycles. The van der Waals surface area contributed by atoms with E-state index in [-0.39, 0.29) is 5.91 Å². The van der Waals surface area contributed by atoms with Gasteiger partial charge in [0.1, 0.15) is 0 Å². The van der Waals surface area contributed by atoms with Crippen LogP contribution in [-0.2, 0) is 0 Å². The lowest BCUT2D eigenvalue weighted by Crippen LogP contribution is -2.37. The minimum atomic E-state index is 0.0639. The van der Waals surface area contributed by atoms with E-state index in [2.05, 4.69) is 33.0 Å². The Morgan fingerprint density at radius 3 is 2.80 bits per heavy atom. The van der Waals surface area contributed by atoms with E-state index in [1.807, 2.05) is 11.0 Å². The Balaban J connectivity index is 1.70. The van der Waals surface area contributed by atoms with Crippen LogP contribution in [0.4, 0.5) is 0 Å². The average molecular weight is 356 g/mol. The van der Waals surface area contributed by atoms with Gasteiger partial charge in [-0.05, 0) is 40.5 Å². The van der Waals surface area contributed by atoms with E-state index in [4.69, 9.17) is 11.6 Å². The summed E-state index contributed by atoms with van der Waals surface area (Å²) in [5.74, 6) is 0.0639. The molecule has 0 spiro atoms. The van der Waals surface area contributed by atoms with Gasteiger partial charge in [0.05, 0.1) is 5.56 Å². The fourth-order valence-corrected chi connectivity index (χ4v) is 3.44. The molecule has 0 aromatic heterocycles. The van der Waals surface area contributed by atoms with Crippen LogP contribution in [0.15, 0.2) is 34.8 Å². The Kier molecular flexibility index (Phi) is 4.15. The van der Waals surface area contributed by atoms with Crippen LogP contribution in [0.5, 0.6) is 0 Å². The first-order valence-corrected chi connectivity index (χ1v) is 7.95. The minimum Gasteiger partial charge on any atom is -0.337 e. The van der Waals surface area contributed by atoms with Crippen LogP contribution in [0.2, 0.25) is 5.02 Å². The van der Waals surface area contributed by atoms with Gasteiger partial charge in [0.2, 0.25) is 0 Å². The highest BCUT2D eigenvalue weighted by atomic mass is 79.9. The van der Waals surface area contributed by atoms with Crippen molar-refractivity contribution in [1.82, 2.24) is 9.80 Å². The molecule has 2 heterocycles. The molecule has 0 radical (unpaired) electrons. The number of hydrogen-bond acceptors (Lipinski definition) is 2. The summed E-state index contributed by atoms with van der Waals surface area (Å²) >= 11 is 9.42. The average Bonchev–Trinajstić information content (AvgIpc) is 3.10. The molecule has 0 N–H and O–H groups in total. The number of likely N-dealkylation sites (tertiary alicyclic amines) is 1. The van der Waals surface area contributed by atoms with Gasteiger partial charge in [0, 0.05) is 41.7 Å². The predicted octanol–water partition coefficient (Wildman–Crippen LogP) is 3.19. The number of hydrogen-bond donors (Lipinski definition) is 0. The molecule has 0 aliphatic carbocycles. The van der Waals surface area contributed by atoms with Crippen LogP contribution in [0.1, 0.15) is 16.8 Å². The molecule has 5 heteroatoms. The van der Waals surface area contributed by atoms with Crippen LogP contribution in [0.3, 0.4) is 0 Å². The molecule has 2 aliphatic heterocycles. The summed E-state index contributed by atoms with van der Waals surface area (Å²) in [6.45, 7) is 3.64. The maximum atomic E-state index is 12.6. The van der Waals surface area contributed by atoms with Crippen LogP contribution < -0.4 is 0 Å². The van der Waals surface area contributed by atoms with Gasteiger partial charge >= 0.3 is 0 Å². The monoisotopic (exact) mass is 354 g/mol. The van der Waals surface area contributed by atoms with Gasteiger partial charge in [-0.15, -0.1) is 0 Å². The Bertz CT molecular complexity index is 553. The van der Waals surface area contributed by atoms with Gasteiger partial charge in [-0.25, -0.2) is 0 Å². The molecule has 3 nitrogen and oxygen atoms in total. The molecule has 3 rings (SSSR count). The SMILES string of the molecule is O=C(c1cc(Cl)ccc1Br)N1CCC(N2CC=CC2)C1. The van der Waals surface area contributed by atoms with Crippen molar-refractivity contribution in [2.24, 2.45) is 0 Å². The van der Waals surface area contributed by atoms with Gasteiger partial charge < -0.3 is 4.90 Å². The highest BCUT2D eigenvalue weighted by Gasteiger charge is 2.31. The maximum Gasteiger partial charge on any atom is 0.255 e. The molecule has 1 amide bonds. The number of carbonyl (C=O) groups excluding carboxylic acids is 1. The first kappa shape index (κ1) is 14.1. The predicted molar refractivity (Wildman–Crippen MR) is 84.2 cm³/mol. The first-order valence-electron chi connectivity index (χ1n) is 6.78. The van der Waals surface area contributed by atoms with Gasteiger partial charge in [-0.1, -0.05) is 23.8 Å². The van der Waals surface area contributed by atoms with Gasteiger partial charge in [-0.3, -0.25) is 9.69 Å². The molecule has 1 fully saturated rings. The third-order valence-corrected chi connectivity index (χ3v) is 4.90. The van der Waals surface area contributed by atoms with Crippen LogP contribution in [0.25, 0.3) is 0 Å². The van der Waals surface area contributed by atoms with Crippen LogP contribution >= 0.6 is 27.5 Å². The lowest BCUT2D eigenvalue weighted by Gasteiger charge is -2.23. The van der Waals surface area contributed by atoms with Crippen LogP contribution in [-0.4, -0.2) is 47.9 Å². The third-order valence-electron chi connectivity index (χ3n) is 3.97. The maximum absolute atomic E-state index is 12.6. The Labute approximate surface area is 132 Å². The summed E-state index contributed by atoms with van der Waals surface area (Å²) in [7, 11) is 0. The van der Waals surface area contributed by atoms with E-state index >= 15 is 0 Å². The second-order valence-corrected chi connectivity index (χ2v) is 6.53. The lowest BCUT2D eigenvalue weighted by molar-refractivity contribution is 0.0780. The number of rotatable bonds is 2. The van der Waals surface area contributed by atoms with E-state index in [1.165, 1.54) is 0 Å². The molecule has 2 aliphatic rings. The minimum absolute atomic E-state index is 0.0639. The molecule has 106 valence electrons. The quantitative estimate of drug-likeness (QED) is 0.761. The summed E-state index contributed by atoms with van der Waals surface area (Å²) in [6.07, 6.45) is 5.43. The molecular weight excluding hydrogens is 340 g/mol. The third kappa shape index (κ3) is 2.78. The van der Waals surface area contributed by atoms with Crippen molar-refractivity contribution < 1.29 is 4.79 Å². The van der Waals surface area contributed by atoms with Crippen LogP contribution in [0, 0.1) is 0 Å². The zero-order chi connectivity index (χ0) is 14.1. The molecule has 0 saturated carbocycles. The molecular formula is C15H16BrClN2O. The zero-order valence-corrected chi connectivity index (χ0v) is 13.4. The highest BCUT2D eigenvalue weighted by Crippen LogP contribution is 2.25. The van der Waals surface area contributed by atoms with Crippen molar-refractivity contribution >= 4 is 33.4 Å². The van der Waals surface area contributed by atoms with Crippen molar-refractivity contribution in [1.29, 1.82) is 0 Å². The molecule has 0 bridgehead atoms. The zero-order valence-electron chi connectivity index (χ0n) is 11.1. The molecule has 1 aromatic rings. The van der Waals surface area contributed by atoms with Gasteiger partial charge in [0.15, 0.2) is 0 Å². The molecule has 1 saturated heterocycles. The lowest BCUT2D eigenvalue weighted by atomic mass is 10.2. The number of benzene rings is 1. The number of carbonyl (C=O) groups is 1. The summed E-state index contributed by atoms with van der Waals surface area (Å²) < 4.78 is 0.804. The van der Waals surface area contributed by atoms with E-state index in [0.29, 0.717) is 16.6 Å². The van der Waals surface area contributed by atoms with E-state index < -0.39 is 0 Å². The highest BCUT2D eigenvalue weighted by molar-refractivity contribution is 9.10. The van der Waals surface area contributed by atoms with Crippen molar-refractivity contribution in [2.45, 2.75) is 12.5 Å². The Morgan fingerprint density at radius 2 is 2.05 bits per heavy atom. The van der Waals surface area contributed by atoms with Gasteiger partial charge in [0.25, 0.3) is 5.91 Å². The first-order chi connectivity index (χ1) is 9.65. The van der Waals surface area contributed by atoms with Crippen molar-refractivity contribution in [3.63, 3.8) is 0 Å². The van der Waals surface area contributed by atoms with E-state index in [9.17, 15) is 4.79 Å². The summed E-state index contributed by atoms with van der Waals surface area (Å²) in [5, 5.41) is 0.594. The number of amides is 1. The number of halogens is 2. The second-order valence-electron chi connectivity index (χ2n) is 5.24. The Morgan fingerprint density at radius 1 is 1.30 bits per heavy atom. The smallest absolute Gasteiger partial charge is 0.255 e. The molecule has 1 atom stereocenters. The van der Waals surface area contributed by atoms with Crippen molar-refractivity contribution in [3.8, 4) is 0 Å². The normalized spacial score (nSPS) is 22.7. The Hall–Kier alpha value is -0.840. The van der Waals surface area contributed by atoms with Crippen molar-refractivity contribution in [2.75, 3.05) is 26.2 Å². The molecule has 20 heavy (non-hydrogen) atoms. The standard InChI is InChI=1S/C15H16BrClN2O/c16-14-4-3-11(17)9-13(14)15(20)19-8-5-12(10-19)18-6-1-2-7-18/h1-4,9,12H,5-8,10H2.